The number of hydrogen-bond donors (Lipinski definition) is 2. The Kier molecular flexibility index (Phi) is 5.94. The molecule has 0 radical (unpaired) electrons. The second-order valence-electron chi connectivity index (χ2n) is 14.6. The van der Waals surface area contributed by atoms with Gasteiger partial charge in [0.05, 0.1) is 18.6 Å². The maximum absolute atomic E-state index is 13.4. The van der Waals surface area contributed by atoms with Crippen molar-refractivity contribution >= 4 is 5.97 Å². The maximum Gasteiger partial charge on any atom is 0.312 e. The predicted octanol–water partition coefficient (Wildman–Crippen LogP) is 6.15. The fourth-order valence-electron chi connectivity index (χ4n) is 11.8. The molecule has 0 aromatic carbocycles. The molecule has 4 unspecified atom stereocenters. The van der Waals surface area contributed by atoms with Crippen LogP contribution in [-0.4, -0.2) is 36.0 Å². The van der Waals surface area contributed by atoms with Crippen LogP contribution < -0.4 is 0 Å². The third-order valence-electron chi connectivity index (χ3n) is 13.6. The standard InChI is InChI=1S/C31H50O4/c1-19(2)20-10-15-30(26(34)35-7)16-17-31(18-32)21(25(20)30)8-9-23-28(5)13-12-24(33)27(3,4)22(28)11-14-29(23,31)6/h20-25,32-33H,1,8-18H2,2-7H3/t20-,21?,22?,23?,24+,25?,28-,29+,30-,31-/m0/s1. The molecule has 198 valence electrons. The van der Waals surface area contributed by atoms with E-state index in [4.69, 9.17) is 4.74 Å². The highest BCUT2D eigenvalue weighted by atomic mass is 16.5. The van der Waals surface area contributed by atoms with Gasteiger partial charge < -0.3 is 14.9 Å². The number of allylic oxidation sites excluding steroid dienone is 1. The zero-order valence-electron chi connectivity index (χ0n) is 23.2. The number of fused-ring (bicyclic) bond motifs is 7. The average molecular weight is 487 g/mol. The van der Waals surface area contributed by atoms with E-state index < -0.39 is 5.41 Å². The molecule has 5 aliphatic rings. The lowest BCUT2D eigenvalue weighted by Crippen LogP contribution is -2.68. The Morgan fingerprint density at radius 3 is 2.29 bits per heavy atom. The van der Waals surface area contributed by atoms with Crippen LogP contribution in [0.4, 0.5) is 0 Å². The van der Waals surface area contributed by atoms with Gasteiger partial charge >= 0.3 is 5.97 Å². The predicted molar refractivity (Wildman–Crippen MR) is 138 cm³/mol. The number of esters is 1. The van der Waals surface area contributed by atoms with Gasteiger partial charge in [0.15, 0.2) is 0 Å². The van der Waals surface area contributed by atoms with Gasteiger partial charge in [-0.25, -0.2) is 0 Å². The van der Waals surface area contributed by atoms with Crippen molar-refractivity contribution in [2.75, 3.05) is 13.7 Å². The number of methoxy groups -OCH3 is 1. The molecule has 5 saturated carbocycles. The molecule has 2 N–H and O–H groups in total. The van der Waals surface area contributed by atoms with Crippen molar-refractivity contribution in [3.8, 4) is 0 Å². The molecular formula is C31H50O4. The van der Waals surface area contributed by atoms with E-state index in [0.717, 1.165) is 57.8 Å². The average Bonchev–Trinajstić information content (AvgIpc) is 3.22. The SMILES string of the molecule is C=C(C)[C@@H]1CC[C@]2(C(=O)OC)CC[C@]3(CO)C(CCC4[C@@]5(C)CC[C@@H](O)C(C)(C)C5CC[C@]43C)C12. The molecule has 0 bridgehead atoms. The summed E-state index contributed by atoms with van der Waals surface area (Å²) in [5.41, 5.74) is 0.774. The van der Waals surface area contributed by atoms with Gasteiger partial charge in [0.1, 0.15) is 0 Å². The van der Waals surface area contributed by atoms with Crippen LogP contribution in [0.25, 0.3) is 0 Å². The van der Waals surface area contributed by atoms with Gasteiger partial charge in [-0.05, 0) is 117 Å². The molecule has 5 aliphatic carbocycles. The summed E-state index contributed by atoms with van der Waals surface area (Å²) in [5.74, 6) is 1.91. The lowest BCUT2D eigenvalue weighted by Gasteiger charge is -2.73. The Balaban J connectivity index is 1.60. The van der Waals surface area contributed by atoms with E-state index in [1.807, 2.05) is 0 Å². The Bertz CT molecular complexity index is 894. The lowest BCUT2D eigenvalue weighted by molar-refractivity contribution is -0.262. The molecule has 0 amide bonds. The maximum atomic E-state index is 13.4. The summed E-state index contributed by atoms with van der Waals surface area (Å²) in [4.78, 5) is 13.4. The van der Waals surface area contributed by atoms with E-state index in [1.54, 1.807) is 7.11 Å². The summed E-state index contributed by atoms with van der Waals surface area (Å²) in [7, 11) is 1.55. The number of ether oxygens (including phenoxy) is 1. The zero-order chi connectivity index (χ0) is 25.6. The van der Waals surface area contributed by atoms with Crippen LogP contribution >= 0.6 is 0 Å². The number of carbonyl (C=O) groups excluding carboxylic acids is 1. The van der Waals surface area contributed by atoms with Crippen LogP contribution in [0, 0.1) is 56.7 Å². The minimum Gasteiger partial charge on any atom is -0.469 e. The molecule has 0 aromatic heterocycles. The molecule has 5 fully saturated rings. The first kappa shape index (κ1) is 25.8. The van der Waals surface area contributed by atoms with Crippen molar-refractivity contribution in [1.82, 2.24) is 0 Å². The molecule has 35 heavy (non-hydrogen) atoms. The van der Waals surface area contributed by atoms with Crippen molar-refractivity contribution < 1.29 is 19.7 Å². The Hall–Kier alpha value is -0.870. The quantitative estimate of drug-likeness (QED) is 0.371. The molecule has 0 aliphatic heterocycles. The Labute approximate surface area is 213 Å². The van der Waals surface area contributed by atoms with E-state index in [9.17, 15) is 15.0 Å². The van der Waals surface area contributed by atoms with Gasteiger partial charge in [-0.3, -0.25) is 4.79 Å². The first-order chi connectivity index (χ1) is 16.4. The van der Waals surface area contributed by atoms with E-state index in [-0.39, 0.29) is 46.3 Å². The summed E-state index contributed by atoms with van der Waals surface area (Å²) in [5, 5.41) is 22.3. The van der Waals surface area contributed by atoms with Crippen LogP contribution in [0.5, 0.6) is 0 Å². The number of aliphatic hydroxyl groups is 2. The monoisotopic (exact) mass is 486 g/mol. The van der Waals surface area contributed by atoms with Crippen LogP contribution in [0.1, 0.15) is 98.8 Å². The van der Waals surface area contributed by atoms with E-state index in [2.05, 4.69) is 41.2 Å². The molecule has 0 aromatic rings. The van der Waals surface area contributed by atoms with Crippen LogP contribution in [0.15, 0.2) is 12.2 Å². The van der Waals surface area contributed by atoms with Gasteiger partial charge in [0.25, 0.3) is 0 Å². The molecule has 0 saturated heterocycles. The summed E-state index contributed by atoms with van der Waals surface area (Å²) in [6.45, 7) is 16.3. The summed E-state index contributed by atoms with van der Waals surface area (Å²) in [6.07, 6.45) is 9.88. The van der Waals surface area contributed by atoms with Crippen LogP contribution in [0.3, 0.4) is 0 Å². The number of carbonyl (C=O) groups is 1. The molecular weight excluding hydrogens is 436 g/mol. The minimum absolute atomic E-state index is 0.0243. The van der Waals surface area contributed by atoms with Gasteiger partial charge in [-0.15, -0.1) is 0 Å². The number of rotatable bonds is 3. The molecule has 0 spiro atoms. The lowest BCUT2D eigenvalue weighted by atomic mass is 9.32. The summed E-state index contributed by atoms with van der Waals surface area (Å²) < 4.78 is 5.47. The first-order valence-electron chi connectivity index (χ1n) is 14.4. The smallest absolute Gasteiger partial charge is 0.312 e. The molecule has 5 rings (SSSR count). The number of hydrogen-bond acceptors (Lipinski definition) is 4. The van der Waals surface area contributed by atoms with Crippen molar-refractivity contribution in [2.24, 2.45) is 56.7 Å². The second-order valence-corrected chi connectivity index (χ2v) is 14.6. The van der Waals surface area contributed by atoms with Crippen LogP contribution in [-0.2, 0) is 9.53 Å². The highest BCUT2D eigenvalue weighted by Crippen LogP contribution is 2.77. The van der Waals surface area contributed by atoms with Crippen molar-refractivity contribution in [2.45, 2.75) is 105 Å². The van der Waals surface area contributed by atoms with Crippen molar-refractivity contribution in [3.63, 3.8) is 0 Å². The van der Waals surface area contributed by atoms with E-state index in [0.29, 0.717) is 23.7 Å². The number of aliphatic hydroxyl groups excluding tert-OH is 2. The highest BCUT2D eigenvalue weighted by molar-refractivity contribution is 5.78. The molecule has 4 nitrogen and oxygen atoms in total. The van der Waals surface area contributed by atoms with Crippen molar-refractivity contribution in [1.29, 1.82) is 0 Å². The van der Waals surface area contributed by atoms with Gasteiger partial charge in [0.2, 0.25) is 0 Å². The normalized spacial score (nSPS) is 52.5. The van der Waals surface area contributed by atoms with Gasteiger partial charge in [-0.2, -0.15) is 0 Å². The fraction of sp³-hybridized carbons (Fsp3) is 0.903. The van der Waals surface area contributed by atoms with Gasteiger partial charge in [-0.1, -0.05) is 39.8 Å². The van der Waals surface area contributed by atoms with E-state index >= 15 is 0 Å². The Morgan fingerprint density at radius 2 is 1.66 bits per heavy atom. The largest absolute Gasteiger partial charge is 0.469 e. The second kappa shape index (κ2) is 8.06. The van der Waals surface area contributed by atoms with Gasteiger partial charge in [0, 0.05) is 12.0 Å². The summed E-state index contributed by atoms with van der Waals surface area (Å²) >= 11 is 0. The van der Waals surface area contributed by atoms with Crippen molar-refractivity contribution in [3.05, 3.63) is 12.2 Å². The minimum atomic E-state index is -0.414. The zero-order valence-corrected chi connectivity index (χ0v) is 23.2. The molecule has 4 heteroatoms. The third kappa shape index (κ3) is 3.02. The first-order valence-corrected chi connectivity index (χ1v) is 14.4. The summed E-state index contributed by atoms with van der Waals surface area (Å²) in [6, 6.07) is 0. The highest BCUT2D eigenvalue weighted by Gasteiger charge is 2.73. The fourth-order valence-corrected chi connectivity index (χ4v) is 11.8. The topological polar surface area (TPSA) is 66.8 Å². The molecule has 0 heterocycles. The van der Waals surface area contributed by atoms with Crippen LogP contribution in [0.2, 0.25) is 0 Å². The van der Waals surface area contributed by atoms with E-state index in [1.165, 1.54) is 12.0 Å². The Morgan fingerprint density at radius 1 is 0.943 bits per heavy atom. The third-order valence-corrected chi connectivity index (χ3v) is 13.6. The molecule has 10 atom stereocenters.